The number of rotatable bonds is 4. The fourth-order valence-electron chi connectivity index (χ4n) is 3.31. The maximum atomic E-state index is 12.9. The molecule has 0 spiro atoms. The van der Waals surface area contributed by atoms with Crippen LogP contribution in [0.3, 0.4) is 0 Å². The summed E-state index contributed by atoms with van der Waals surface area (Å²) in [4.78, 5) is 12.9. The van der Waals surface area contributed by atoms with Crippen molar-refractivity contribution in [2.24, 2.45) is 11.3 Å². The molecule has 0 N–H and O–H groups in total. The van der Waals surface area contributed by atoms with Gasteiger partial charge in [-0.1, -0.05) is 49.9 Å². The fraction of sp³-hybridized carbons (Fsp3) is 0.562. The summed E-state index contributed by atoms with van der Waals surface area (Å²) in [6.45, 7) is 4.35. The van der Waals surface area contributed by atoms with E-state index in [1.54, 1.807) is 18.2 Å². The average Bonchev–Trinajstić information content (AvgIpc) is 2.80. The van der Waals surface area contributed by atoms with Crippen LogP contribution in [-0.2, 0) is 0 Å². The summed E-state index contributed by atoms with van der Waals surface area (Å²) in [5, 5.41) is 1.09. The first-order chi connectivity index (χ1) is 8.94. The van der Waals surface area contributed by atoms with Crippen molar-refractivity contribution in [3.05, 3.63) is 33.8 Å². The van der Waals surface area contributed by atoms with Gasteiger partial charge in [-0.25, -0.2) is 0 Å². The average molecular weight is 299 g/mol. The zero-order chi connectivity index (χ0) is 14.0. The van der Waals surface area contributed by atoms with E-state index in [-0.39, 0.29) is 11.2 Å². The number of hydrogen-bond donors (Lipinski definition) is 0. The van der Waals surface area contributed by atoms with Gasteiger partial charge in [0.1, 0.15) is 0 Å². The van der Waals surface area contributed by atoms with Crippen molar-refractivity contribution < 1.29 is 4.79 Å². The number of ketones is 1. The van der Waals surface area contributed by atoms with Crippen LogP contribution < -0.4 is 0 Å². The lowest BCUT2D eigenvalue weighted by Crippen LogP contribution is -2.30. The Labute approximate surface area is 125 Å². The molecule has 19 heavy (non-hydrogen) atoms. The number of carbonyl (C=O) groups excluding carboxylic acids is 1. The van der Waals surface area contributed by atoms with Crippen molar-refractivity contribution in [1.82, 2.24) is 0 Å². The Bertz CT molecular complexity index is 474. The van der Waals surface area contributed by atoms with Crippen LogP contribution in [0.2, 0.25) is 10.0 Å². The second-order valence-corrected chi connectivity index (χ2v) is 6.88. The van der Waals surface area contributed by atoms with E-state index in [1.165, 1.54) is 0 Å². The third-order valence-corrected chi connectivity index (χ3v) is 4.58. The van der Waals surface area contributed by atoms with Gasteiger partial charge in [0.05, 0.1) is 5.02 Å². The monoisotopic (exact) mass is 298 g/mol. The number of benzene rings is 1. The van der Waals surface area contributed by atoms with Crippen LogP contribution in [0.5, 0.6) is 0 Å². The van der Waals surface area contributed by atoms with Crippen LogP contribution in [0.25, 0.3) is 0 Å². The Hall–Kier alpha value is -0.530. The molecule has 2 rings (SSSR count). The van der Waals surface area contributed by atoms with E-state index in [0.29, 0.717) is 21.5 Å². The van der Waals surface area contributed by atoms with Crippen molar-refractivity contribution in [1.29, 1.82) is 0 Å². The molecule has 0 atom stereocenters. The molecule has 104 valence electrons. The summed E-state index contributed by atoms with van der Waals surface area (Å²) in [6.07, 6.45) is 5.17. The predicted molar refractivity (Wildman–Crippen MR) is 81.1 cm³/mol. The van der Waals surface area contributed by atoms with Crippen LogP contribution in [-0.4, -0.2) is 5.78 Å². The maximum Gasteiger partial charge on any atom is 0.170 e. The summed E-state index contributed by atoms with van der Waals surface area (Å²) < 4.78 is 0. The second-order valence-electron chi connectivity index (χ2n) is 6.04. The SMILES string of the molecule is CC(C)CC1(C(=O)c2cc(Cl)ccc2Cl)CCCC1. The van der Waals surface area contributed by atoms with Crippen LogP contribution in [0.15, 0.2) is 18.2 Å². The van der Waals surface area contributed by atoms with E-state index in [0.717, 1.165) is 32.1 Å². The molecule has 0 bridgehead atoms. The first-order valence-corrected chi connectivity index (χ1v) is 7.70. The lowest BCUT2D eigenvalue weighted by atomic mass is 9.73. The van der Waals surface area contributed by atoms with Crippen molar-refractivity contribution >= 4 is 29.0 Å². The van der Waals surface area contributed by atoms with Gasteiger partial charge >= 0.3 is 0 Å². The van der Waals surface area contributed by atoms with Gasteiger partial charge in [-0.3, -0.25) is 4.79 Å². The minimum absolute atomic E-state index is 0.186. The van der Waals surface area contributed by atoms with Gasteiger partial charge in [0, 0.05) is 16.0 Å². The molecule has 1 saturated carbocycles. The van der Waals surface area contributed by atoms with Crippen LogP contribution in [0, 0.1) is 11.3 Å². The van der Waals surface area contributed by atoms with Crippen molar-refractivity contribution in [2.75, 3.05) is 0 Å². The summed E-state index contributed by atoms with van der Waals surface area (Å²) in [5.74, 6) is 0.700. The van der Waals surface area contributed by atoms with Crippen molar-refractivity contribution in [2.45, 2.75) is 46.0 Å². The van der Waals surface area contributed by atoms with Crippen LogP contribution >= 0.6 is 23.2 Å². The molecule has 1 fully saturated rings. The summed E-state index contributed by atoms with van der Waals surface area (Å²) in [5.41, 5.74) is 0.374. The number of carbonyl (C=O) groups is 1. The van der Waals surface area contributed by atoms with Gasteiger partial charge in [0.15, 0.2) is 5.78 Å². The Morgan fingerprint density at radius 3 is 2.47 bits per heavy atom. The highest BCUT2D eigenvalue weighted by Crippen LogP contribution is 2.46. The van der Waals surface area contributed by atoms with Crippen molar-refractivity contribution in [3.63, 3.8) is 0 Å². The quantitative estimate of drug-likeness (QED) is 0.644. The molecule has 0 saturated heterocycles. The lowest BCUT2D eigenvalue weighted by Gasteiger charge is -2.29. The van der Waals surface area contributed by atoms with E-state index in [2.05, 4.69) is 13.8 Å². The molecule has 0 amide bonds. The van der Waals surface area contributed by atoms with Gasteiger partial charge in [-0.05, 0) is 43.4 Å². The topological polar surface area (TPSA) is 17.1 Å². The van der Waals surface area contributed by atoms with E-state index in [1.807, 2.05) is 0 Å². The van der Waals surface area contributed by atoms with Crippen molar-refractivity contribution in [3.8, 4) is 0 Å². The minimum atomic E-state index is -0.220. The highest BCUT2D eigenvalue weighted by Gasteiger charge is 2.42. The van der Waals surface area contributed by atoms with E-state index in [4.69, 9.17) is 23.2 Å². The first kappa shape index (κ1) is 14.9. The molecule has 0 radical (unpaired) electrons. The number of Topliss-reactive ketones (excluding diaryl/α,β-unsaturated/α-hetero) is 1. The molecule has 1 aliphatic rings. The van der Waals surface area contributed by atoms with E-state index < -0.39 is 0 Å². The molecule has 1 aromatic rings. The van der Waals surface area contributed by atoms with Gasteiger partial charge in [-0.2, -0.15) is 0 Å². The summed E-state index contributed by atoms with van der Waals surface area (Å²) in [7, 11) is 0. The molecule has 0 aliphatic heterocycles. The molecule has 0 heterocycles. The third-order valence-electron chi connectivity index (χ3n) is 4.01. The normalized spacial score (nSPS) is 17.9. The Morgan fingerprint density at radius 2 is 1.89 bits per heavy atom. The molecule has 1 nitrogen and oxygen atoms in total. The van der Waals surface area contributed by atoms with Crippen LogP contribution in [0.1, 0.15) is 56.3 Å². The summed E-state index contributed by atoms with van der Waals surface area (Å²) in [6, 6.07) is 5.16. The second kappa shape index (κ2) is 5.85. The third kappa shape index (κ3) is 3.14. The van der Waals surface area contributed by atoms with Gasteiger partial charge in [0.25, 0.3) is 0 Å². The Balaban J connectivity index is 2.37. The largest absolute Gasteiger partial charge is 0.294 e. The zero-order valence-electron chi connectivity index (χ0n) is 11.5. The van der Waals surface area contributed by atoms with Gasteiger partial charge in [0.2, 0.25) is 0 Å². The molecular formula is C16H20Cl2O. The highest BCUT2D eigenvalue weighted by molar-refractivity contribution is 6.36. The maximum absolute atomic E-state index is 12.9. The molecule has 1 aromatic carbocycles. The molecule has 3 heteroatoms. The first-order valence-electron chi connectivity index (χ1n) is 6.94. The molecule has 0 aromatic heterocycles. The molecular weight excluding hydrogens is 279 g/mol. The Morgan fingerprint density at radius 1 is 1.26 bits per heavy atom. The van der Waals surface area contributed by atoms with Gasteiger partial charge in [-0.15, -0.1) is 0 Å². The standard InChI is InChI=1S/C16H20Cl2O/c1-11(2)10-16(7-3-4-8-16)15(19)13-9-12(17)5-6-14(13)18/h5-6,9,11H,3-4,7-8,10H2,1-2H3. The smallest absolute Gasteiger partial charge is 0.170 e. The lowest BCUT2D eigenvalue weighted by molar-refractivity contribution is 0.0760. The highest BCUT2D eigenvalue weighted by atomic mass is 35.5. The van der Waals surface area contributed by atoms with Crippen LogP contribution in [0.4, 0.5) is 0 Å². The number of halogens is 2. The number of hydrogen-bond acceptors (Lipinski definition) is 1. The fourth-order valence-corrected chi connectivity index (χ4v) is 3.69. The van der Waals surface area contributed by atoms with E-state index in [9.17, 15) is 4.79 Å². The predicted octanol–water partition coefficient (Wildman–Crippen LogP) is 5.78. The molecule has 1 aliphatic carbocycles. The Kier molecular flexibility index (Phi) is 4.58. The zero-order valence-corrected chi connectivity index (χ0v) is 13.0. The van der Waals surface area contributed by atoms with E-state index >= 15 is 0 Å². The summed E-state index contributed by atoms with van der Waals surface area (Å²) >= 11 is 12.2. The molecule has 0 unspecified atom stereocenters. The minimum Gasteiger partial charge on any atom is -0.294 e. The van der Waals surface area contributed by atoms with Gasteiger partial charge < -0.3 is 0 Å².